The molecule has 8 heteroatoms. The number of aliphatic hydroxyl groups is 1. The van der Waals surface area contributed by atoms with Crippen LogP contribution in [0.25, 0.3) is 10.2 Å². The number of rotatable bonds is 5. The van der Waals surface area contributed by atoms with Crippen LogP contribution in [0.4, 0.5) is 14.6 Å². The number of aliphatic hydroxyl groups excluding tert-OH is 1. The zero-order valence-electron chi connectivity index (χ0n) is 10.1. The molecule has 2 aromatic rings. The molecule has 0 aliphatic rings. The Morgan fingerprint density at radius 2 is 2.21 bits per heavy atom. The lowest BCUT2D eigenvalue weighted by Gasteiger charge is -2.14. The summed E-state index contributed by atoms with van der Waals surface area (Å²) in [6, 6.07) is 1.86. The fourth-order valence-corrected chi connectivity index (χ4v) is 2.71. The molecule has 2 heterocycles. The standard InChI is InChI=1S/C11H12ClF2N3OS/c1-2-6-3-7-8(15-4-11(13,14)5-18)16-10(12)17-9(7)19-6/h3,18H,2,4-5H2,1H3,(H,15,16,17). The molecule has 0 radical (unpaired) electrons. The SMILES string of the molecule is CCc1cc2c(NCC(F)(F)CO)nc(Cl)nc2s1. The Kier molecular flexibility index (Phi) is 4.17. The van der Waals surface area contributed by atoms with Crippen molar-refractivity contribution in [2.24, 2.45) is 0 Å². The van der Waals surface area contributed by atoms with Crippen molar-refractivity contribution in [3.05, 3.63) is 16.2 Å². The number of halogens is 3. The molecule has 0 unspecified atom stereocenters. The van der Waals surface area contributed by atoms with Gasteiger partial charge in [0.2, 0.25) is 5.28 Å². The lowest BCUT2D eigenvalue weighted by molar-refractivity contribution is -0.0373. The van der Waals surface area contributed by atoms with Gasteiger partial charge in [0.15, 0.2) is 0 Å². The van der Waals surface area contributed by atoms with Gasteiger partial charge in [0, 0.05) is 4.88 Å². The molecule has 0 aliphatic carbocycles. The van der Waals surface area contributed by atoms with E-state index in [1.54, 1.807) is 0 Å². The molecule has 104 valence electrons. The maximum Gasteiger partial charge on any atom is 0.287 e. The minimum absolute atomic E-state index is 0.00631. The normalized spacial score (nSPS) is 12.1. The minimum Gasteiger partial charge on any atom is -0.390 e. The van der Waals surface area contributed by atoms with Crippen LogP contribution in [0, 0.1) is 0 Å². The van der Waals surface area contributed by atoms with Gasteiger partial charge in [-0.1, -0.05) is 6.92 Å². The van der Waals surface area contributed by atoms with Gasteiger partial charge in [-0.05, 0) is 24.1 Å². The van der Waals surface area contributed by atoms with E-state index in [0.717, 1.165) is 11.3 Å². The molecule has 0 bridgehead atoms. The number of aryl methyl sites for hydroxylation is 1. The van der Waals surface area contributed by atoms with Crippen molar-refractivity contribution < 1.29 is 13.9 Å². The molecule has 0 aliphatic heterocycles. The van der Waals surface area contributed by atoms with Crippen molar-refractivity contribution in [3.8, 4) is 0 Å². The highest BCUT2D eigenvalue weighted by Gasteiger charge is 2.28. The molecular weight excluding hydrogens is 296 g/mol. The van der Waals surface area contributed by atoms with Gasteiger partial charge in [0.1, 0.15) is 17.3 Å². The van der Waals surface area contributed by atoms with E-state index in [0.29, 0.717) is 10.2 Å². The van der Waals surface area contributed by atoms with Crippen LogP contribution in [0.2, 0.25) is 5.28 Å². The quantitative estimate of drug-likeness (QED) is 0.834. The summed E-state index contributed by atoms with van der Waals surface area (Å²) in [4.78, 5) is 9.72. The molecule has 2 rings (SSSR count). The van der Waals surface area contributed by atoms with Crippen LogP contribution >= 0.6 is 22.9 Å². The van der Waals surface area contributed by atoms with E-state index in [1.807, 2.05) is 13.0 Å². The number of nitrogens with zero attached hydrogens (tertiary/aromatic N) is 2. The topological polar surface area (TPSA) is 58.0 Å². The maximum absolute atomic E-state index is 13.0. The zero-order chi connectivity index (χ0) is 14.0. The van der Waals surface area contributed by atoms with Crippen molar-refractivity contribution in [2.75, 3.05) is 18.5 Å². The average Bonchev–Trinajstić information content (AvgIpc) is 2.79. The smallest absolute Gasteiger partial charge is 0.287 e. The van der Waals surface area contributed by atoms with Gasteiger partial charge < -0.3 is 10.4 Å². The molecule has 0 saturated heterocycles. The van der Waals surface area contributed by atoms with Crippen LogP contribution in [0.1, 0.15) is 11.8 Å². The van der Waals surface area contributed by atoms with Gasteiger partial charge in [-0.15, -0.1) is 11.3 Å². The Hall–Kier alpha value is -1.05. The van der Waals surface area contributed by atoms with E-state index in [4.69, 9.17) is 16.7 Å². The summed E-state index contributed by atoms with van der Waals surface area (Å²) in [5.74, 6) is -2.94. The number of hydrogen-bond acceptors (Lipinski definition) is 5. The fourth-order valence-electron chi connectivity index (χ4n) is 1.52. The molecule has 2 aromatic heterocycles. The second-order valence-corrected chi connectivity index (χ2v) is 5.45. The van der Waals surface area contributed by atoms with Gasteiger partial charge in [0.05, 0.1) is 11.9 Å². The fraction of sp³-hybridized carbons (Fsp3) is 0.455. The molecule has 0 amide bonds. The van der Waals surface area contributed by atoms with Crippen LogP contribution < -0.4 is 5.32 Å². The predicted molar refractivity (Wildman–Crippen MR) is 72.3 cm³/mol. The second kappa shape index (κ2) is 5.52. The number of hydrogen-bond donors (Lipinski definition) is 2. The van der Waals surface area contributed by atoms with Gasteiger partial charge in [-0.25, -0.2) is 18.7 Å². The predicted octanol–water partition coefficient (Wildman–Crippen LogP) is 2.95. The van der Waals surface area contributed by atoms with Crippen LogP contribution in [0.5, 0.6) is 0 Å². The number of alkyl halides is 2. The highest BCUT2D eigenvalue weighted by molar-refractivity contribution is 7.18. The van der Waals surface area contributed by atoms with Crippen molar-refractivity contribution in [3.63, 3.8) is 0 Å². The minimum atomic E-state index is -3.20. The lowest BCUT2D eigenvalue weighted by Crippen LogP contribution is -2.31. The van der Waals surface area contributed by atoms with Gasteiger partial charge >= 0.3 is 0 Å². The number of nitrogens with one attached hydrogen (secondary N) is 1. The van der Waals surface area contributed by atoms with Gasteiger partial charge in [-0.3, -0.25) is 0 Å². The van der Waals surface area contributed by atoms with Crippen molar-refractivity contribution >= 4 is 39.0 Å². The van der Waals surface area contributed by atoms with Crippen molar-refractivity contribution in [2.45, 2.75) is 19.3 Å². The van der Waals surface area contributed by atoms with E-state index in [-0.39, 0.29) is 11.1 Å². The number of fused-ring (bicyclic) bond motifs is 1. The van der Waals surface area contributed by atoms with E-state index >= 15 is 0 Å². The Labute approximate surface area is 117 Å². The Balaban J connectivity index is 2.33. The van der Waals surface area contributed by atoms with Crippen LogP contribution in [-0.4, -0.2) is 34.1 Å². The van der Waals surface area contributed by atoms with Crippen LogP contribution in [0.15, 0.2) is 6.07 Å². The van der Waals surface area contributed by atoms with Crippen LogP contribution in [0.3, 0.4) is 0 Å². The van der Waals surface area contributed by atoms with E-state index in [9.17, 15) is 8.78 Å². The van der Waals surface area contributed by atoms with E-state index in [1.165, 1.54) is 11.3 Å². The molecule has 2 N–H and O–H groups in total. The largest absolute Gasteiger partial charge is 0.390 e. The third-order valence-corrected chi connectivity index (χ3v) is 3.85. The molecule has 0 atom stereocenters. The van der Waals surface area contributed by atoms with Gasteiger partial charge in [-0.2, -0.15) is 0 Å². The highest BCUT2D eigenvalue weighted by atomic mass is 35.5. The Bertz CT molecular complexity index is 591. The summed E-state index contributed by atoms with van der Waals surface area (Å²) in [7, 11) is 0. The average molecular weight is 308 g/mol. The highest BCUT2D eigenvalue weighted by Crippen LogP contribution is 2.30. The summed E-state index contributed by atoms with van der Waals surface area (Å²) in [5.41, 5.74) is 0. The van der Waals surface area contributed by atoms with E-state index in [2.05, 4.69) is 15.3 Å². The lowest BCUT2D eigenvalue weighted by atomic mass is 10.3. The van der Waals surface area contributed by atoms with Crippen molar-refractivity contribution in [1.82, 2.24) is 9.97 Å². The molecular formula is C11H12ClF2N3OS. The zero-order valence-corrected chi connectivity index (χ0v) is 11.7. The first-order valence-electron chi connectivity index (χ1n) is 5.63. The summed E-state index contributed by atoms with van der Waals surface area (Å²) in [6.07, 6.45) is 0.824. The van der Waals surface area contributed by atoms with Crippen molar-refractivity contribution in [1.29, 1.82) is 0 Å². The number of anilines is 1. The van der Waals surface area contributed by atoms with Crippen LogP contribution in [-0.2, 0) is 6.42 Å². The first kappa shape index (κ1) is 14.4. The summed E-state index contributed by atoms with van der Waals surface area (Å²) in [6.45, 7) is 0.0712. The summed E-state index contributed by atoms with van der Waals surface area (Å²) in [5, 5.41) is 11.7. The van der Waals surface area contributed by atoms with Gasteiger partial charge in [0.25, 0.3) is 5.92 Å². The Morgan fingerprint density at radius 3 is 2.84 bits per heavy atom. The molecule has 4 nitrogen and oxygen atoms in total. The third-order valence-electron chi connectivity index (χ3n) is 2.51. The molecule has 19 heavy (non-hydrogen) atoms. The number of aromatic nitrogens is 2. The molecule has 0 aromatic carbocycles. The maximum atomic E-state index is 13.0. The summed E-state index contributed by atoms with van der Waals surface area (Å²) < 4.78 is 26.0. The molecule has 0 fully saturated rings. The first-order chi connectivity index (χ1) is 8.95. The third kappa shape index (κ3) is 3.29. The number of thiophene rings is 1. The monoisotopic (exact) mass is 307 g/mol. The first-order valence-corrected chi connectivity index (χ1v) is 6.83. The Morgan fingerprint density at radius 1 is 1.47 bits per heavy atom. The molecule has 0 saturated carbocycles. The summed E-state index contributed by atoms with van der Waals surface area (Å²) >= 11 is 7.22. The second-order valence-electron chi connectivity index (χ2n) is 3.99. The van der Waals surface area contributed by atoms with E-state index < -0.39 is 19.1 Å². The molecule has 0 spiro atoms.